The number of methoxy groups -OCH3 is 1. The van der Waals surface area contributed by atoms with Crippen LogP contribution < -0.4 is 4.74 Å². The van der Waals surface area contributed by atoms with Crippen LogP contribution in [0, 0.1) is 6.92 Å². The highest BCUT2D eigenvalue weighted by Gasteiger charge is 2.10. The highest BCUT2D eigenvalue weighted by Crippen LogP contribution is 2.32. The van der Waals surface area contributed by atoms with Gasteiger partial charge in [-0.05, 0) is 55.0 Å². The first-order valence-electron chi connectivity index (χ1n) is 7.09. The van der Waals surface area contributed by atoms with Crippen molar-refractivity contribution < 1.29 is 9.84 Å². The van der Waals surface area contributed by atoms with Crippen molar-refractivity contribution in [1.29, 1.82) is 0 Å². The topological polar surface area (TPSA) is 42.4 Å². The maximum atomic E-state index is 9.47. The van der Waals surface area contributed by atoms with Crippen molar-refractivity contribution in [3.63, 3.8) is 0 Å². The van der Waals surface area contributed by atoms with Crippen LogP contribution in [0.1, 0.15) is 5.69 Å². The van der Waals surface area contributed by atoms with Crippen LogP contribution in [0.25, 0.3) is 22.4 Å². The Kier molecular flexibility index (Phi) is 3.79. The first kappa shape index (κ1) is 14.1. The zero-order valence-electron chi connectivity index (χ0n) is 12.6. The summed E-state index contributed by atoms with van der Waals surface area (Å²) in [4.78, 5) is 4.68. The van der Waals surface area contributed by atoms with Crippen molar-refractivity contribution in [2.45, 2.75) is 6.92 Å². The predicted molar refractivity (Wildman–Crippen MR) is 88.1 cm³/mol. The van der Waals surface area contributed by atoms with E-state index in [-0.39, 0.29) is 5.75 Å². The molecule has 0 unspecified atom stereocenters. The van der Waals surface area contributed by atoms with Gasteiger partial charge in [-0.2, -0.15) is 0 Å². The second-order valence-corrected chi connectivity index (χ2v) is 5.12. The largest absolute Gasteiger partial charge is 0.508 e. The molecule has 0 aliphatic rings. The lowest BCUT2D eigenvalue weighted by molar-refractivity contribution is 0.415. The summed E-state index contributed by atoms with van der Waals surface area (Å²) in [6.07, 6.45) is 0. The molecule has 0 bridgehead atoms. The molecule has 0 aliphatic carbocycles. The molecule has 0 radical (unpaired) electrons. The molecule has 3 nitrogen and oxygen atoms in total. The summed E-state index contributed by atoms with van der Waals surface area (Å²) in [5, 5.41) is 9.47. The van der Waals surface area contributed by atoms with Gasteiger partial charge in [-0.1, -0.05) is 18.2 Å². The van der Waals surface area contributed by atoms with Crippen LogP contribution in [0.5, 0.6) is 11.5 Å². The van der Waals surface area contributed by atoms with Crippen LogP contribution in [-0.2, 0) is 0 Å². The highest BCUT2D eigenvalue weighted by atomic mass is 16.5. The standard InChI is InChI=1S/C19H17NO2/c1-13-3-12-18(14-6-10-17(22-2)11-7-14)19(20-13)15-4-8-16(21)9-5-15/h3-12,21H,1-2H3. The fraction of sp³-hybridized carbons (Fsp3) is 0.105. The number of ether oxygens (including phenoxy) is 1. The molecule has 0 fully saturated rings. The van der Waals surface area contributed by atoms with Gasteiger partial charge in [-0.3, -0.25) is 4.98 Å². The van der Waals surface area contributed by atoms with Crippen molar-refractivity contribution in [2.24, 2.45) is 0 Å². The second kappa shape index (κ2) is 5.90. The minimum atomic E-state index is 0.252. The Balaban J connectivity index is 2.12. The van der Waals surface area contributed by atoms with Crippen molar-refractivity contribution in [2.75, 3.05) is 7.11 Å². The molecule has 110 valence electrons. The number of hydrogen-bond donors (Lipinski definition) is 1. The number of nitrogens with zero attached hydrogens (tertiary/aromatic N) is 1. The van der Waals surface area contributed by atoms with E-state index in [4.69, 9.17) is 4.74 Å². The molecular weight excluding hydrogens is 274 g/mol. The van der Waals surface area contributed by atoms with E-state index in [0.29, 0.717) is 0 Å². The van der Waals surface area contributed by atoms with E-state index in [1.165, 1.54) is 0 Å². The third-order valence-electron chi connectivity index (χ3n) is 3.58. The van der Waals surface area contributed by atoms with E-state index in [1.807, 2.05) is 49.4 Å². The summed E-state index contributed by atoms with van der Waals surface area (Å²) < 4.78 is 5.21. The van der Waals surface area contributed by atoms with Crippen LogP contribution >= 0.6 is 0 Å². The van der Waals surface area contributed by atoms with Crippen molar-refractivity contribution >= 4 is 0 Å². The zero-order chi connectivity index (χ0) is 15.5. The lowest BCUT2D eigenvalue weighted by Gasteiger charge is -2.11. The van der Waals surface area contributed by atoms with Crippen LogP contribution in [-0.4, -0.2) is 17.2 Å². The van der Waals surface area contributed by atoms with Crippen LogP contribution in [0.2, 0.25) is 0 Å². The van der Waals surface area contributed by atoms with E-state index in [2.05, 4.69) is 11.1 Å². The van der Waals surface area contributed by atoms with E-state index in [9.17, 15) is 5.11 Å². The summed E-state index contributed by atoms with van der Waals surface area (Å²) in [5.41, 5.74) is 4.98. The fourth-order valence-corrected chi connectivity index (χ4v) is 2.40. The number of aromatic nitrogens is 1. The predicted octanol–water partition coefficient (Wildman–Crippen LogP) is 4.44. The van der Waals surface area contributed by atoms with Gasteiger partial charge in [-0.25, -0.2) is 0 Å². The van der Waals surface area contributed by atoms with Crippen LogP contribution in [0.3, 0.4) is 0 Å². The normalized spacial score (nSPS) is 10.5. The molecule has 0 spiro atoms. The third-order valence-corrected chi connectivity index (χ3v) is 3.58. The van der Waals surface area contributed by atoms with Crippen LogP contribution in [0.15, 0.2) is 60.7 Å². The smallest absolute Gasteiger partial charge is 0.118 e. The third kappa shape index (κ3) is 2.79. The zero-order valence-corrected chi connectivity index (χ0v) is 12.6. The second-order valence-electron chi connectivity index (χ2n) is 5.12. The Labute approximate surface area is 129 Å². The number of phenolic OH excluding ortho intramolecular Hbond substituents is 1. The summed E-state index contributed by atoms with van der Waals surface area (Å²) in [7, 11) is 1.66. The van der Waals surface area contributed by atoms with Gasteiger partial charge in [0, 0.05) is 16.8 Å². The number of aromatic hydroxyl groups is 1. The molecular formula is C19H17NO2. The lowest BCUT2D eigenvalue weighted by Crippen LogP contribution is -1.92. The van der Waals surface area contributed by atoms with Gasteiger partial charge >= 0.3 is 0 Å². The SMILES string of the molecule is COc1ccc(-c2ccc(C)nc2-c2ccc(O)cc2)cc1. The molecule has 0 aliphatic heterocycles. The molecule has 22 heavy (non-hydrogen) atoms. The quantitative estimate of drug-likeness (QED) is 0.775. The molecule has 1 aromatic heterocycles. The molecule has 2 aromatic carbocycles. The number of phenols is 1. The van der Waals surface area contributed by atoms with Gasteiger partial charge in [0.15, 0.2) is 0 Å². The van der Waals surface area contributed by atoms with E-state index < -0.39 is 0 Å². The van der Waals surface area contributed by atoms with Gasteiger partial charge in [-0.15, -0.1) is 0 Å². The molecule has 1 heterocycles. The average molecular weight is 291 g/mol. The monoisotopic (exact) mass is 291 g/mol. The summed E-state index contributed by atoms with van der Waals surface area (Å²) in [5.74, 6) is 1.08. The Bertz CT molecular complexity index is 778. The molecule has 0 saturated heterocycles. The van der Waals surface area contributed by atoms with Gasteiger partial charge in [0.25, 0.3) is 0 Å². The fourth-order valence-electron chi connectivity index (χ4n) is 2.40. The first-order valence-corrected chi connectivity index (χ1v) is 7.09. The number of hydrogen-bond acceptors (Lipinski definition) is 3. The average Bonchev–Trinajstić information content (AvgIpc) is 2.56. The summed E-state index contributed by atoms with van der Waals surface area (Å²) in [6, 6.07) is 19.1. The van der Waals surface area contributed by atoms with Crippen molar-refractivity contribution in [1.82, 2.24) is 4.98 Å². The number of rotatable bonds is 3. The van der Waals surface area contributed by atoms with Crippen LogP contribution in [0.4, 0.5) is 0 Å². The number of pyridine rings is 1. The lowest BCUT2D eigenvalue weighted by atomic mass is 9.99. The minimum absolute atomic E-state index is 0.252. The number of aryl methyl sites for hydroxylation is 1. The maximum absolute atomic E-state index is 9.47. The van der Waals surface area contributed by atoms with Gasteiger partial charge in [0.2, 0.25) is 0 Å². The molecule has 1 N–H and O–H groups in total. The van der Waals surface area contributed by atoms with Gasteiger partial charge in [0.05, 0.1) is 12.8 Å². The van der Waals surface area contributed by atoms with Gasteiger partial charge in [0.1, 0.15) is 11.5 Å². The Morgan fingerprint density at radius 3 is 2.09 bits per heavy atom. The molecule has 0 atom stereocenters. The first-order chi connectivity index (χ1) is 10.7. The Morgan fingerprint density at radius 2 is 1.45 bits per heavy atom. The van der Waals surface area contributed by atoms with Crippen molar-refractivity contribution in [3.8, 4) is 33.9 Å². The molecule has 3 heteroatoms. The van der Waals surface area contributed by atoms with Gasteiger partial charge < -0.3 is 9.84 Å². The highest BCUT2D eigenvalue weighted by molar-refractivity contribution is 5.81. The molecule has 3 aromatic rings. The summed E-state index contributed by atoms with van der Waals surface area (Å²) >= 11 is 0. The molecule has 0 saturated carbocycles. The van der Waals surface area contributed by atoms with E-state index >= 15 is 0 Å². The van der Waals surface area contributed by atoms with Crippen molar-refractivity contribution in [3.05, 3.63) is 66.4 Å². The van der Waals surface area contributed by atoms with E-state index in [1.54, 1.807) is 19.2 Å². The molecule has 3 rings (SSSR count). The number of benzene rings is 2. The Morgan fingerprint density at radius 1 is 0.818 bits per heavy atom. The van der Waals surface area contributed by atoms with E-state index in [0.717, 1.165) is 33.8 Å². The minimum Gasteiger partial charge on any atom is -0.508 e. The maximum Gasteiger partial charge on any atom is 0.118 e. The summed E-state index contributed by atoms with van der Waals surface area (Å²) in [6.45, 7) is 1.97. The molecule has 0 amide bonds. The Hall–Kier alpha value is -2.81.